The zero-order valence-corrected chi connectivity index (χ0v) is 27.0. The monoisotopic (exact) mass is 688 g/mol. The van der Waals surface area contributed by atoms with Gasteiger partial charge < -0.3 is 20.7 Å². The fourth-order valence-corrected chi connectivity index (χ4v) is 7.22. The van der Waals surface area contributed by atoms with Crippen molar-refractivity contribution in [1.82, 2.24) is 34.2 Å². The molecule has 3 N–H and O–H groups in total. The van der Waals surface area contributed by atoms with Gasteiger partial charge in [-0.25, -0.2) is 9.50 Å². The molecule has 5 heterocycles. The van der Waals surface area contributed by atoms with E-state index in [9.17, 15) is 28.4 Å². The van der Waals surface area contributed by atoms with Gasteiger partial charge >= 0.3 is 6.61 Å². The lowest BCUT2D eigenvalue weighted by Gasteiger charge is -2.38. The highest BCUT2D eigenvalue weighted by atomic mass is 32.1. The molecule has 14 nitrogen and oxygen atoms in total. The summed E-state index contributed by atoms with van der Waals surface area (Å²) in [7, 11) is 1.97. The van der Waals surface area contributed by atoms with Gasteiger partial charge in [-0.05, 0) is 62.4 Å². The summed E-state index contributed by atoms with van der Waals surface area (Å²) in [4.78, 5) is 47.2. The van der Waals surface area contributed by atoms with E-state index < -0.39 is 24.0 Å². The van der Waals surface area contributed by atoms with Crippen LogP contribution in [0, 0.1) is 11.3 Å². The van der Waals surface area contributed by atoms with Crippen LogP contribution in [-0.4, -0.2) is 90.2 Å². The lowest BCUT2D eigenvalue weighted by molar-refractivity contribution is -0.133. The molecule has 4 aromatic heterocycles. The Bertz CT molecular complexity index is 2140. The largest absolute Gasteiger partial charge is 0.434 e. The molecule has 0 spiro atoms. The van der Waals surface area contributed by atoms with E-state index in [4.69, 9.17) is 10.5 Å². The maximum Gasteiger partial charge on any atom is 0.387 e. The molecular formula is C32H30F2N10O4S. The Kier molecular flexibility index (Phi) is 8.20. The minimum Gasteiger partial charge on any atom is -0.434 e. The maximum atomic E-state index is 13.7. The van der Waals surface area contributed by atoms with Crippen molar-refractivity contribution in [3.8, 4) is 23.1 Å². The molecule has 0 bridgehead atoms. The number of nitrogens with zero attached hydrogens (tertiary/aromatic N) is 8. The number of piperidine rings is 1. The topological polar surface area (TPSA) is 177 Å². The van der Waals surface area contributed by atoms with Crippen LogP contribution in [0.2, 0.25) is 0 Å². The molecule has 1 aliphatic carbocycles. The highest BCUT2D eigenvalue weighted by molar-refractivity contribution is 7.20. The molecular weight excluding hydrogens is 658 g/mol. The average molecular weight is 689 g/mol. The second-order valence-corrected chi connectivity index (χ2v) is 13.2. The van der Waals surface area contributed by atoms with Crippen molar-refractivity contribution in [2.24, 2.45) is 5.73 Å². The van der Waals surface area contributed by atoms with Crippen molar-refractivity contribution in [3.05, 3.63) is 59.5 Å². The van der Waals surface area contributed by atoms with Crippen molar-refractivity contribution in [1.29, 1.82) is 5.26 Å². The Morgan fingerprint density at radius 1 is 1.24 bits per heavy atom. The number of hydrogen-bond acceptors (Lipinski definition) is 10. The molecule has 2 aliphatic rings. The second-order valence-electron chi connectivity index (χ2n) is 12.1. The van der Waals surface area contributed by atoms with Crippen LogP contribution in [0.4, 0.5) is 14.5 Å². The number of ether oxygens (including phenoxy) is 1. The molecule has 2 fully saturated rings. The number of fused-ring (bicyclic) bond motifs is 2. The summed E-state index contributed by atoms with van der Waals surface area (Å²) < 4.78 is 35.5. The SMILES string of the molecule is CN(C1CCN(C(=O)Cn2cc(NC(=O)c3cnn4cccnc34)c(-c3cc4sc(C(N)=O)cc4cc3OC(F)F)n2)CC1)C1(C#N)CC1. The lowest BCUT2D eigenvalue weighted by Crippen LogP contribution is -2.49. The molecule has 7 rings (SSSR count). The number of nitriles is 1. The van der Waals surface area contributed by atoms with E-state index in [2.05, 4.69) is 31.5 Å². The predicted molar refractivity (Wildman–Crippen MR) is 174 cm³/mol. The Hall–Kier alpha value is -5.47. The highest BCUT2D eigenvalue weighted by Gasteiger charge is 2.49. The van der Waals surface area contributed by atoms with Gasteiger partial charge in [0.2, 0.25) is 5.91 Å². The minimum atomic E-state index is -3.19. The first-order chi connectivity index (χ1) is 23.5. The van der Waals surface area contributed by atoms with E-state index in [0.29, 0.717) is 41.7 Å². The summed E-state index contributed by atoms with van der Waals surface area (Å²) in [5, 5.41) is 21.6. The van der Waals surface area contributed by atoms with Crippen LogP contribution in [0.3, 0.4) is 0 Å². The number of nitrogens with one attached hydrogen (secondary N) is 1. The predicted octanol–water partition coefficient (Wildman–Crippen LogP) is 3.74. The number of carbonyl (C=O) groups excluding carboxylic acids is 3. The van der Waals surface area contributed by atoms with Gasteiger partial charge in [-0.3, -0.25) is 24.0 Å². The van der Waals surface area contributed by atoms with Crippen molar-refractivity contribution in [2.75, 3.05) is 25.5 Å². The molecule has 1 aromatic carbocycles. The van der Waals surface area contributed by atoms with E-state index in [1.807, 2.05) is 7.05 Å². The molecule has 1 saturated carbocycles. The van der Waals surface area contributed by atoms with Gasteiger partial charge in [0.05, 0.1) is 22.8 Å². The number of aromatic nitrogens is 5. The van der Waals surface area contributed by atoms with E-state index in [1.165, 1.54) is 46.0 Å². The van der Waals surface area contributed by atoms with Crippen molar-refractivity contribution in [2.45, 2.75) is 50.4 Å². The van der Waals surface area contributed by atoms with Gasteiger partial charge in [-0.15, -0.1) is 11.3 Å². The zero-order valence-electron chi connectivity index (χ0n) is 26.2. The normalized spacial score (nSPS) is 16.0. The van der Waals surface area contributed by atoms with E-state index in [-0.39, 0.29) is 51.6 Å². The highest BCUT2D eigenvalue weighted by Crippen LogP contribution is 2.43. The first kappa shape index (κ1) is 32.1. The van der Waals surface area contributed by atoms with Crippen LogP contribution in [-0.2, 0) is 11.3 Å². The maximum absolute atomic E-state index is 13.7. The molecule has 0 unspecified atom stereocenters. The molecule has 252 valence electrons. The number of halogens is 2. The Morgan fingerprint density at radius 3 is 2.71 bits per heavy atom. The van der Waals surface area contributed by atoms with Gasteiger partial charge in [0.15, 0.2) is 5.65 Å². The third-order valence-corrected chi connectivity index (χ3v) is 10.2. The Balaban J connectivity index is 1.20. The van der Waals surface area contributed by atoms with E-state index in [0.717, 1.165) is 24.2 Å². The number of carbonyl (C=O) groups is 3. The second kappa shape index (κ2) is 12.5. The van der Waals surface area contributed by atoms with Crippen LogP contribution < -0.4 is 15.8 Å². The summed E-state index contributed by atoms with van der Waals surface area (Å²) in [6.07, 6.45) is 9.08. The van der Waals surface area contributed by atoms with E-state index in [1.54, 1.807) is 17.2 Å². The summed E-state index contributed by atoms with van der Waals surface area (Å²) in [6.45, 7) is -2.39. The van der Waals surface area contributed by atoms with Crippen LogP contribution in [0.25, 0.3) is 27.0 Å². The molecule has 5 aromatic rings. The van der Waals surface area contributed by atoms with E-state index >= 15 is 0 Å². The van der Waals surface area contributed by atoms with Crippen LogP contribution in [0.5, 0.6) is 5.75 Å². The first-order valence-electron chi connectivity index (χ1n) is 15.5. The molecule has 49 heavy (non-hydrogen) atoms. The number of nitrogens with two attached hydrogens (primary N) is 1. The van der Waals surface area contributed by atoms with Gasteiger partial charge in [-0.2, -0.15) is 24.2 Å². The van der Waals surface area contributed by atoms with Gasteiger partial charge in [0.25, 0.3) is 11.8 Å². The van der Waals surface area contributed by atoms with Crippen molar-refractivity contribution < 1.29 is 27.9 Å². The van der Waals surface area contributed by atoms with Gasteiger partial charge in [0, 0.05) is 48.0 Å². The fraction of sp³-hybridized carbons (Fsp3) is 0.344. The summed E-state index contributed by atoms with van der Waals surface area (Å²) in [6, 6.07) is 8.63. The number of thiophene rings is 1. The van der Waals surface area contributed by atoms with Gasteiger partial charge in [0.1, 0.15) is 29.1 Å². The molecule has 0 radical (unpaired) electrons. The quantitative estimate of drug-likeness (QED) is 0.221. The number of alkyl halides is 2. The third-order valence-electron chi connectivity index (χ3n) is 9.14. The number of amides is 3. The van der Waals surface area contributed by atoms with Crippen molar-refractivity contribution >= 4 is 50.5 Å². The standard InChI is InChI=1S/C32H30F2N10O4S/c1-41(32(17-35)5-6-32)19-3-9-42(10-4-19)26(45)16-43-15-22(39-30(47)21-14-38-44-8-2-7-37-29(21)44)27(40-43)20-13-24-18(11-23(20)48-31(33)34)12-25(49-24)28(36)46/h2,7-8,11-15,19,31H,3-6,9-10,16H2,1H3,(H2,36,46)(H,39,47). The molecule has 3 amide bonds. The number of primary amides is 1. The number of rotatable bonds is 10. The van der Waals surface area contributed by atoms with Crippen LogP contribution in [0.15, 0.2) is 49.1 Å². The Morgan fingerprint density at radius 2 is 2.02 bits per heavy atom. The minimum absolute atomic E-state index is 0.0590. The Labute approximate surface area is 281 Å². The number of likely N-dealkylation sites (tertiary alicyclic amines) is 1. The smallest absolute Gasteiger partial charge is 0.387 e. The zero-order chi connectivity index (χ0) is 34.4. The summed E-state index contributed by atoms with van der Waals surface area (Å²) >= 11 is 1.07. The molecule has 1 aliphatic heterocycles. The third kappa shape index (κ3) is 6.16. The molecule has 1 saturated heterocycles. The first-order valence-corrected chi connectivity index (χ1v) is 16.3. The van der Waals surface area contributed by atoms with Crippen LogP contribution in [0.1, 0.15) is 45.7 Å². The fourth-order valence-electron chi connectivity index (χ4n) is 6.29. The number of hydrogen-bond donors (Lipinski definition) is 2. The number of anilines is 1. The molecule has 0 atom stereocenters. The summed E-state index contributed by atoms with van der Waals surface area (Å²) in [5.41, 5.74) is 5.78. The van der Waals surface area contributed by atoms with Gasteiger partial charge in [-0.1, -0.05) is 0 Å². The number of benzene rings is 1. The summed E-state index contributed by atoms with van der Waals surface area (Å²) in [5.74, 6) is -1.74. The molecule has 17 heteroatoms. The van der Waals surface area contributed by atoms with Crippen LogP contribution >= 0.6 is 11.3 Å². The lowest BCUT2D eigenvalue weighted by atomic mass is 10.0. The van der Waals surface area contributed by atoms with Crippen molar-refractivity contribution in [3.63, 3.8) is 0 Å². The average Bonchev–Trinajstić information content (AvgIpc) is 3.36.